The van der Waals surface area contributed by atoms with Crippen LogP contribution in [-0.4, -0.2) is 29.1 Å². The number of hydrogen-bond acceptors (Lipinski definition) is 3. The van der Waals surface area contributed by atoms with E-state index < -0.39 is 0 Å². The Labute approximate surface area is 84.1 Å². The molecule has 0 aliphatic rings. The quantitative estimate of drug-likeness (QED) is 0.765. The maximum atomic E-state index is 11.3. The van der Waals surface area contributed by atoms with Crippen LogP contribution < -0.4 is 5.32 Å². The van der Waals surface area contributed by atoms with Crippen molar-refractivity contribution in [2.45, 2.75) is 0 Å². The molecule has 1 aromatic rings. The van der Waals surface area contributed by atoms with Gasteiger partial charge >= 0.3 is 0 Å². The normalized spacial score (nSPS) is 9.69. The van der Waals surface area contributed by atoms with Gasteiger partial charge in [-0.05, 0) is 28.1 Å². The van der Waals surface area contributed by atoms with E-state index >= 15 is 0 Å². The number of nitrogens with one attached hydrogen (secondary N) is 1. The van der Waals surface area contributed by atoms with Gasteiger partial charge in [0, 0.05) is 18.3 Å². The van der Waals surface area contributed by atoms with Gasteiger partial charge in [-0.15, -0.1) is 0 Å². The molecule has 2 N–H and O–H groups in total. The number of hydrogen-bond donors (Lipinski definition) is 2. The van der Waals surface area contributed by atoms with E-state index in [0.717, 1.165) is 0 Å². The Balaban J connectivity index is 2.66. The molecule has 1 aromatic heterocycles. The SMILES string of the molecule is O=C(NCCO)c1ccnc(Br)c1. The fraction of sp³-hybridized carbons (Fsp3) is 0.250. The summed E-state index contributed by atoms with van der Waals surface area (Å²) in [5.41, 5.74) is 0.523. The third-order valence-electron chi connectivity index (χ3n) is 1.39. The van der Waals surface area contributed by atoms with Crippen LogP contribution in [0.4, 0.5) is 0 Å². The number of aliphatic hydroxyl groups is 1. The maximum Gasteiger partial charge on any atom is 0.251 e. The third-order valence-corrected chi connectivity index (χ3v) is 1.82. The first-order chi connectivity index (χ1) is 6.24. The molecule has 0 fully saturated rings. The zero-order valence-corrected chi connectivity index (χ0v) is 8.41. The van der Waals surface area contributed by atoms with Crippen molar-refractivity contribution in [1.82, 2.24) is 10.3 Å². The van der Waals surface area contributed by atoms with Gasteiger partial charge in [-0.3, -0.25) is 4.79 Å². The molecule has 13 heavy (non-hydrogen) atoms. The van der Waals surface area contributed by atoms with Crippen molar-refractivity contribution in [3.8, 4) is 0 Å². The third kappa shape index (κ3) is 3.12. The molecule has 1 amide bonds. The number of aromatic nitrogens is 1. The number of nitrogens with zero attached hydrogens (tertiary/aromatic N) is 1. The van der Waals surface area contributed by atoms with Crippen molar-refractivity contribution in [3.05, 3.63) is 28.5 Å². The van der Waals surface area contributed by atoms with Gasteiger partial charge < -0.3 is 10.4 Å². The molecular formula is C8H9BrN2O2. The minimum absolute atomic E-state index is 0.0575. The predicted molar refractivity (Wildman–Crippen MR) is 51.4 cm³/mol. The number of amides is 1. The number of rotatable bonds is 3. The van der Waals surface area contributed by atoms with Crippen molar-refractivity contribution >= 4 is 21.8 Å². The number of halogens is 1. The maximum absolute atomic E-state index is 11.3. The number of pyridine rings is 1. The fourth-order valence-corrected chi connectivity index (χ4v) is 1.18. The highest BCUT2D eigenvalue weighted by molar-refractivity contribution is 9.10. The van der Waals surface area contributed by atoms with E-state index in [0.29, 0.717) is 10.2 Å². The molecule has 0 aliphatic heterocycles. The van der Waals surface area contributed by atoms with E-state index in [1.165, 1.54) is 6.20 Å². The molecule has 70 valence electrons. The molecule has 0 radical (unpaired) electrons. The summed E-state index contributed by atoms with van der Waals surface area (Å²) < 4.78 is 0.615. The highest BCUT2D eigenvalue weighted by atomic mass is 79.9. The summed E-state index contributed by atoms with van der Waals surface area (Å²) in [4.78, 5) is 15.2. The standard InChI is InChI=1S/C8H9BrN2O2/c9-7-5-6(1-2-10-7)8(13)11-3-4-12/h1-2,5,12H,3-4H2,(H,11,13). The van der Waals surface area contributed by atoms with Crippen molar-refractivity contribution in [1.29, 1.82) is 0 Å². The summed E-state index contributed by atoms with van der Waals surface area (Å²) >= 11 is 3.16. The molecular weight excluding hydrogens is 236 g/mol. The van der Waals surface area contributed by atoms with E-state index in [1.807, 2.05) is 0 Å². The topological polar surface area (TPSA) is 62.2 Å². The van der Waals surface area contributed by atoms with Crippen LogP contribution >= 0.6 is 15.9 Å². The minimum atomic E-state index is -0.211. The second-order valence-corrected chi connectivity index (χ2v) is 3.16. The second kappa shape index (κ2) is 4.94. The Morgan fingerprint density at radius 1 is 1.69 bits per heavy atom. The Hall–Kier alpha value is -0.940. The summed E-state index contributed by atoms with van der Waals surface area (Å²) in [6, 6.07) is 3.23. The van der Waals surface area contributed by atoms with Crippen LogP contribution in [0.3, 0.4) is 0 Å². The Kier molecular flexibility index (Phi) is 3.85. The van der Waals surface area contributed by atoms with Crippen LogP contribution in [0.1, 0.15) is 10.4 Å². The Bertz CT molecular complexity index is 304. The lowest BCUT2D eigenvalue weighted by Gasteiger charge is -2.02. The summed E-state index contributed by atoms with van der Waals surface area (Å²) in [6.45, 7) is 0.205. The van der Waals surface area contributed by atoms with Crippen LogP contribution in [0, 0.1) is 0 Å². The van der Waals surface area contributed by atoms with Crippen LogP contribution in [0.25, 0.3) is 0 Å². The van der Waals surface area contributed by atoms with Crippen molar-refractivity contribution in [3.63, 3.8) is 0 Å². The first-order valence-electron chi connectivity index (χ1n) is 3.74. The van der Waals surface area contributed by atoms with Crippen molar-refractivity contribution in [2.24, 2.45) is 0 Å². The van der Waals surface area contributed by atoms with E-state index in [1.54, 1.807) is 12.1 Å². The van der Waals surface area contributed by atoms with Crippen molar-refractivity contribution < 1.29 is 9.90 Å². The molecule has 0 bridgehead atoms. The minimum Gasteiger partial charge on any atom is -0.395 e. The summed E-state index contributed by atoms with van der Waals surface area (Å²) in [7, 11) is 0. The molecule has 0 aromatic carbocycles. The summed E-state index contributed by atoms with van der Waals surface area (Å²) in [5.74, 6) is -0.211. The van der Waals surface area contributed by atoms with Crippen LogP contribution in [0.5, 0.6) is 0 Å². The molecule has 1 heterocycles. The molecule has 0 saturated heterocycles. The molecule has 0 saturated carbocycles. The number of carbonyl (C=O) groups is 1. The molecule has 4 nitrogen and oxygen atoms in total. The van der Waals surface area contributed by atoms with Crippen LogP contribution in [0.15, 0.2) is 22.9 Å². The molecule has 5 heteroatoms. The van der Waals surface area contributed by atoms with Gasteiger partial charge in [0.05, 0.1) is 6.61 Å². The van der Waals surface area contributed by atoms with E-state index in [4.69, 9.17) is 5.11 Å². The fourth-order valence-electron chi connectivity index (χ4n) is 0.815. The highest BCUT2D eigenvalue weighted by Crippen LogP contribution is 2.07. The first-order valence-corrected chi connectivity index (χ1v) is 4.54. The zero-order valence-electron chi connectivity index (χ0n) is 6.83. The van der Waals surface area contributed by atoms with Gasteiger partial charge in [0.15, 0.2) is 0 Å². The summed E-state index contributed by atoms with van der Waals surface area (Å²) in [5, 5.41) is 11.0. The van der Waals surface area contributed by atoms with E-state index in [-0.39, 0.29) is 19.1 Å². The zero-order chi connectivity index (χ0) is 9.68. The van der Waals surface area contributed by atoms with Crippen LogP contribution in [0.2, 0.25) is 0 Å². The lowest BCUT2D eigenvalue weighted by molar-refractivity contribution is 0.0944. The number of carbonyl (C=O) groups excluding carboxylic acids is 1. The molecule has 0 unspecified atom stereocenters. The van der Waals surface area contributed by atoms with Gasteiger partial charge in [-0.1, -0.05) is 0 Å². The molecule has 0 atom stereocenters. The lowest BCUT2D eigenvalue weighted by Crippen LogP contribution is -2.26. The lowest BCUT2D eigenvalue weighted by atomic mass is 10.2. The van der Waals surface area contributed by atoms with Gasteiger partial charge in [0.1, 0.15) is 4.60 Å². The van der Waals surface area contributed by atoms with Crippen molar-refractivity contribution in [2.75, 3.05) is 13.2 Å². The average molecular weight is 245 g/mol. The molecule has 0 aliphatic carbocycles. The Morgan fingerprint density at radius 3 is 3.08 bits per heavy atom. The second-order valence-electron chi connectivity index (χ2n) is 2.35. The first kappa shape index (κ1) is 10.1. The monoisotopic (exact) mass is 244 g/mol. The predicted octanol–water partition coefficient (Wildman–Crippen LogP) is 0.566. The van der Waals surface area contributed by atoms with E-state index in [9.17, 15) is 4.79 Å². The van der Waals surface area contributed by atoms with Gasteiger partial charge in [-0.2, -0.15) is 0 Å². The van der Waals surface area contributed by atoms with Gasteiger partial charge in [0.2, 0.25) is 0 Å². The van der Waals surface area contributed by atoms with Gasteiger partial charge in [-0.25, -0.2) is 4.98 Å². The van der Waals surface area contributed by atoms with E-state index in [2.05, 4.69) is 26.2 Å². The average Bonchev–Trinajstić information content (AvgIpc) is 2.14. The van der Waals surface area contributed by atoms with Crippen LogP contribution in [-0.2, 0) is 0 Å². The highest BCUT2D eigenvalue weighted by Gasteiger charge is 2.04. The smallest absolute Gasteiger partial charge is 0.251 e. The van der Waals surface area contributed by atoms with Gasteiger partial charge in [0.25, 0.3) is 5.91 Å². The largest absolute Gasteiger partial charge is 0.395 e. The molecule has 0 spiro atoms. The number of aliphatic hydroxyl groups excluding tert-OH is 1. The summed E-state index contributed by atoms with van der Waals surface area (Å²) in [6.07, 6.45) is 1.54. The molecule has 1 rings (SSSR count). The Morgan fingerprint density at radius 2 is 2.46 bits per heavy atom.